The molecular formula is C17H13FN2OS. The van der Waals surface area contributed by atoms with Crippen molar-refractivity contribution in [3.8, 4) is 21.6 Å². The van der Waals surface area contributed by atoms with Crippen LogP contribution in [0.3, 0.4) is 0 Å². The summed E-state index contributed by atoms with van der Waals surface area (Å²) >= 11 is 1.47. The summed E-state index contributed by atoms with van der Waals surface area (Å²) in [6.07, 6.45) is 3.44. The summed E-state index contributed by atoms with van der Waals surface area (Å²) in [5, 5.41) is 3.57. The molecule has 0 aliphatic carbocycles. The van der Waals surface area contributed by atoms with Crippen molar-refractivity contribution in [2.45, 2.75) is 6.92 Å². The van der Waals surface area contributed by atoms with Crippen LogP contribution < -0.4 is 5.32 Å². The lowest BCUT2D eigenvalue weighted by Gasteiger charge is -2.03. The lowest BCUT2D eigenvalue weighted by molar-refractivity contribution is -0.114. The summed E-state index contributed by atoms with van der Waals surface area (Å²) in [5.41, 5.74) is 2.90. The van der Waals surface area contributed by atoms with Crippen LogP contribution in [0.4, 0.5) is 9.39 Å². The summed E-state index contributed by atoms with van der Waals surface area (Å²) in [7, 11) is 0. The van der Waals surface area contributed by atoms with Crippen LogP contribution in [0.25, 0.3) is 21.6 Å². The standard InChI is InChI=1S/C17H13FN2OS/c1-11(21)20-16-10-15(12-6-8-19-9-7-12)17(22-16)13-2-4-14(18)5-3-13/h2-10H,1H3,(H,20,21). The highest BCUT2D eigenvalue weighted by molar-refractivity contribution is 7.20. The zero-order valence-electron chi connectivity index (χ0n) is 11.8. The van der Waals surface area contributed by atoms with Crippen molar-refractivity contribution in [2.24, 2.45) is 0 Å². The molecule has 0 atom stereocenters. The van der Waals surface area contributed by atoms with Crippen LogP contribution in [-0.2, 0) is 4.79 Å². The number of aromatic nitrogens is 1. The van der Waals surface area contributed by atoms with Crippen molar-refractivity contribution in [1.29, 1.82) is 0 Å². The van der Waals surface area contributed by atoms with E-state index in [1.807, 2.05) is 18.2 Å². The minimum atomic E-state index is -0.271. The number of benzene rings is 1. The summed E-state index contributed by atoms with van der Waals surface area (Å²) in [6, 6.07) is 12.1. The van der Waals surface area contributed by atoms with Gasteiger partial charge in [0.05, 0.1) is 5.00 Å². The predicted octanol–water partition coefficient (Wildman–Crippen LogP) is 4.57. The highest BCUT2D eigenvalue weighted by atomic mass is 32.1. The van der Waals surface area contributed by atoms with Crippen LogP contribution in [-0.4, -0.2) is 10.9 Å². The first-order chi connectivity index (χ1) is 10.6. The molecule has 22 heavy (non-hydrogen) atoms. The normalized spacial score (nSPS) is 10.5. The van der Waals surface area contributed by atoms with Crippen molar-refractivity contribution in [3.63, 3.8) is 0 Å². The van der Waals surface area contributed by atoms with Crippen LogP contribution in [0.2, 0.25) is 0 Å². The Morgan fingerprint density at radius 2 is 1.77 bits per heavy atom. The van der Waals surface area contributed by atoms with E-state index in [9.17, 15) is 9.18 Å². The van der Waals surface area contributed by atoms with Crippen molar-refractivity contribution < 1.29 is 9.18 Å². The molecule has 0 fully saturated rings. The summed E-state index contributed by atoms with van der Waals surface area (Å²) < 4.78 is 13.1. The zero-order chi connectivity index (χ0) is 15.5. The van der Waals surface area contributed by atoms with Crippen LogP contribution in [0.5, 0.6) is 0 Å². The van der Waals surface area contributed by atoms with Crippen molar-refractivity contribution in [2.75, 3.05) is 5.32 Å². The first-order valence-electron chi connectivity index (χ1n) is 6.71. The second kappa shape index (κ2) is 6.07. The molecule has 3 aromatic rings. The third-order valence-corrected chi connectivity index (χ3v) is 4.23. The van der Waals surface area contributed by atoms with E-state index in [0.29, 0.717) is 0 Å². The van der Waals surface area contributed by atoms with E-state index in [2.05, 4.69) is 10.3 Å². The summed E-state index contributed by atoms with van der Waals surface area (Å²) in [4.78, 5) is 16.3. The van der Waals surface area contributed by atoms with E-state index in [4.69, 9.17) is 0 Å². The van der Waals surface area contributed by atoms with Crippen molar-refractivity contribution in [3.05, 3.63) is 60.7 Å². The number of rotatable bonds is 3. The summed E-state index contributed by atoms with van der Waals surface area (Å²) in [6.45, 7) is 1.48. The molecule has 0 saturated carbocycles. The lowest BCUT2D eigenvalue weighted by Crippen LogP contribution is -2.03. The molecule has 3 rings (SSSR count). The highest BCUT2D eigenvalue weighted by Gasteiger charge is 2.13. The lowest BCUT2D eigenvalue weighted by atomic mass is 10.0. The van der Waals surface area contributed by atoms with Gasteiger partial charge in [-0.3, -0.25) is 9.78 Å². The third kappa shape index (κ3) is 3.04. The Morgan fingerprint density at radius 1 is 1.09 bits per heavy atom. The van der Waals surface area contributed by atoms with Gasteiger partial charge in [0.15, 0.2) is 0 Å². The van der Waals surface area contributed by atoms with Crippen LogP contribution in [0.15, 0.2) is 54.9 Å². The molecule has 2 aromatic heterocycles. The number of anilines is 1. The van der Waals surface area contributed by atoms with E-state index in [1.54, 1.807) is 24.5 Å². The number of nitrogens with zero attached hydrogens (tertiary/aromatic N) is 1. The van der Waals surface area contributed by atoms with Gasteiger partial charge in [-0.25, -0.2) is 4.39 Å². The average Bonchev–Trinajstić information content (AvgIpc) is 2.92. The van der Waals surface area contributed by atoms with E-state index in [0.717, 1.165) is 26.6 Å². The SMILES string of the molecule is CC(=O)Nc1cc(-c2ccncc2)c(-c2ccc(F)cc2)s1. The number of thiophene rings is 1. The van der Waals surface area contributed by atoms with Crippen LogP contribution in [0.1, 0.15) is 6.92 Å². The monoisotopic (exact) mass is 312 g/mol. The van der Waals surface area contributed by atoms with Gasteiger partial charge in [0, 0.05) is 29.8 Å². The van der Waals surface area contributed by atoms with Gasteiger partial charge in [-0.1, -0.05) is 12.1 Å². The molecule has 0 spiro atoms. The van der Waals surface area contributed by atoms with Gasteiger partial charge in [-0.05, 0) is 41.5 Å². The summed E-state index contributed by atoms with van der Waals surface area (Å²) in [5.74, 6) is -0.388. The Labute approximate surface area is 131 Å². The molecule has 1 amide bonds. The smallest absolute Gasteiger partial charge is 0.221 e. The number of carbonyl (C=O) groups is 1. The number of amides is 1. The van der Waals surface area contributed by atoms with Gasteiger partial charge < -0.3 is 5.32 Å². The molecule has 0 aliphatic heterocycles. The second-order valence-corrected chi connectivity index (χ2v) is 5.83. The van der Waals surface area contributed by atoms with Crippen molar-refractivity contribution >= 4 is 22.2 Å². The molecule has 110 valence electrons. The number of halogens is 1. The molecule has 0 saturated heterocycles. The topological polar surface area (TPSA) is 42.0 Å². The molecule has 0 aliphatic rings. The van der Waals surface area contributed by atoms with Crippen molar-refractivity contribution in [1.82, 2.24) is 4.98 Å². The van der Waals surface area contributed by atoms with Crippen LogP contribution in [0, 0.1) is 5.82 Å². The van der Waals surface area contributed by atoms with Gasteiger partial charge in [0.2, 0.25) is 5.91 Å². The van der Waals surface area contributed by atoms with E-state index >= 15 is 0 Å². The maximum atomic E-state index is 13.1. The Morgan fingerprint density at radius 3 is 2.41 bits per heavy atom. The minimum Gasteiger partial charge on any atom is -0.318 e. The fraction of sp³-hybridized carbons (Fsp3) is 0.0588. The number of carbonyl (C=O) groups excluding carboxylic acids is 1. The fourth-order valence-electron chi connectivity index (χ4n) is 2.19. The largest absolute Gasteiger partial charge is 0.318 e. The zero-order valence-corrected chi connectivity index (χ0v) is 12.7. The van der Waals surface area contributed by atoms with Gasteiger partial charge in [0.25, 0.3) is 0 Å². The molecule has 0 unspecified atom stereocenters. The quantitative estimate of drug-likeness (QED) is 0.769. The molecule has 0 radical (unpaired) electrons. The van der Waals surface area contributed by atoms with E-state index < -0.39 is 0 Å². The third-order valence-electron chi connectivity index (χ3n) is 3.13. The van der Waals surface area contributed by atoms with Gasteiger partial charge in [-0.2, -0.15) is 0 Å². The Balaban J connectivity index is 2.12. The minimum absolute atomic E-state index is 0.117. The Kier molecular flexibility index (Phi) is 3.98. The van der Waals surface area contributed by atoms with Gasteiger partial charge >= 0.3 is 0 Å². The van der Waals surface area contributed by atoms with Gasteiger partial charge in [0.1, 0.15) is 5.82 Å². The molecule has 0 bridgehead atoms. The maximum Gasteiger partial charge on any atom is 0.221 e. The maximum absolute atomic E-state index is 13.1. The molecular weight excluding hydrogens is 299 g/mol. The molecule has 2 heterocycles. The van der Waals surface area contributed by atoms with E-state index in [-0.39, 0.29) is 11.7 Å². The average molecular weight is 312 g/mol. The first kappa shape index (κ1) is 14.4. The van der Waals surface area contributed by atoms with Crippen LogP contribution >= 0.6 is 11.3 Å². The molecule has 5 heteroatoms. The Bertz CT molecular complexity index is 797. The number of hydrogen-bond donors (Lipinski definition) is 1. The van der Waals surface area contributed by atoms with Gasteiger partial charge in [-0.15, -0.1) is 11.3 Å². The first-order valence-corrected chi connectivity index (χ1v) is 7.53. The molecule has 3 nitrogen and oxygen atoms in total. The fourth-order valence-corrected chi connectivity index (χ4v) is 3.32. The predicted molar refractivity (Wildman–Crippen MR) is 87.2 cm³/mol. The number of pyridine rings is 1. The highest BCUT2D eigenvalue weighted by Crippen LogP contribution is 2.41. The number of hydrogen-bond acceptors (Lipinski definition) is 3. The van der Waals surface area contributed by atoms with E-state index in [1.165, 1.54) is 30.4 Å². The number of nitrogens with one attached hydrogen (secondary N) is 1. The molecule has 1 N–H and O–H groups in total. The Hall–Kier alpha value is -2.53. The second-order valence-electron chi connectivity index (χ2n) is 4.78. The molecule has 1 aromatic carbocycles.